The lowest BCUT2D eigenvalue weighted by atomic mass is 10.1. The van der Waals surface area contributed by atoms with E-state index < -0.39 is 0 Å². The second-order valence-electron chi connectivity index (χ2n) is 6.46. The average Bonchev–Trinajstić information content (AvgIpc) is 3.12. The summed E-state index contributed by atoms with van der Waals surface area (Å²) in [5.74, 6) is 2.61. The van der Waals surface area contributed by atoms with E-state index in [1.165, 1.54) is 19.3 Å². The number of aliphatic hydroxyl groups is 1. The van der Waals surface area contributed by atoms with Crippen LogP contribution in [-0.2, 0) is 6.42 Å². The molecule has 1 atom stereocenters. The van der Waals surface area contributed by atoms with Gasteiger partial charge < -0.3 is 19.7 Å². The zero-order valence-electron chi connectivity index (χ0n) is 14.2. The van der Waals surface area contributed by atoms with Gasteiger partial charge in [0.15, 0.2) is 0 Å². The van der Waals surface area contributed by atoms with E-state index in [0.717, 1.165) is 36.3 Å². The van der Waals surface area contributed by atoms with Gasteiger partial charge in [0, 0.05) is 50.3 Å². The Kier molecular flexibility index (Phi) is 5.69. The smallest absolute Gasteiger partial charge is 0.227 e. The molecule has 0 amide bonds. The summed E-state index contributed by atoms with van der Waals surface area (Å²) in [6, 6.07) is 5.76. The highest BCUT2D eigenvalue weighted by molar-refractivity contribution is 5.43. The van der Waals surface area contributed by atoms with Crippen LogP contribution in [0, 0.1) is 12.8 Å². The predicted octanol–water partition coefficient (Wildman–Crippen LogP) is 2.63. The van der Waals surface area contributed by atoms with E-state index >= 15 is 0 Å². The predicted molar refractivity (Wildman–Crippen MR) is 94.3 cm³/mol. The van der Waals surface area contributed by atoms with Crippen LogP contribution in [0.1, 0.15) is 30.7 Å². The number of aliphatic hydroxyl groups excluding tert-OH is 1. The van der Waals surface area contributed by atoms with Gasteiger partial charge in [-0.25, -0.2) is 4.98 Å². The molecule has 0 spiro atoms. The fourth-order valence-corrected chi connectivity index (χ4v) is 3.04. The van der Waals surface area contributed by atoms with Crippen LogP contribution in [0.25, 0.3) is 0 Å². The summed E-state index contributed by atoms with van der Waals surface area (Å²) in [5, 5.41) is 12.9. The maximum atomic E-state index is 9.59. The number of rotatable bonds is 7. The highest BCUT2D eigenvalue weighted by Crippen LogP contribution is 2.19. The lowest BCUT2D eigenvalue weighted by Gasteiger charge is -2.27. The molecule has 1 aliphatic heterocycles. The maximum absolute atomic E-state index is 9.59. The molecule has 2 aromatic heterocycles. The molecule has 0 saturated carbocycles. The molecule has 3 heterocycles. The third-order valence-electron chi connectivity index (χ3n) is 4.38. The molecule has 1 saturated heterocycles. The van der Waals surface area contributed by atoms with Gasteiger partial charge in [0.05, 0.1) is 6.26 Å². The SMILES string of the molecule is Cc1cc(NCC(CO)Cc2ccco2)nc(N2CCCCC2)n1. The number of nitrogens with one attached hydrogen (secondary N) is 1. The summed E-state index contributed by atoms with van der Waals surface area (Å²) in [6.45, 7) is 4.80. The summed E-state index contributed by atoms with van der Waals surface area (Å²) in [6.07, 6.45) is 6.07. The Hall–Kier alpha value is -2.08. The van der Waals surface area contributed by atoms with E-state index in [0.29, 0.717) is 13.0 Å². The molecule has 0 aromatic carbocycles. The number of aromatic nitrogens is 2. The van der Waals surface area contributed by atoms with Gasteiger partial charge in [0.25, 0.3) is 0 Å². The zero-order valence-corrected chi connectivity index (χ0v) is 14.2. The first kappa shape index (κ1) is 16.8. The van der Waals surface area contributed by atoms with Gasteiger partial charge in [0.1, 0.15) is 11.6 Å². The first-order valence-electron chi connectivity index (χ1n) is 8.72. The van der Waals surface area contributed by atoms with Crippen molar-refractivity contribution in [2.75, 3.05) is 36.5 Å². The Labute approximate surface area is 142 Å². The van der Waals surface area contributed by atoms with Crippen molar-refractivity contribution < 1.29 is 9.52 Å². The first-order chi connectivity index (χ1) is 11.7. The Morgan fingerprint density at radius 3 is 2.83 bits per heavy atom. The third-order valence-corrected chi connectivity index (χ3v) is 4.38. The van der Waals surface area contributed by atoms with Crippen LogP contribution >= 0.6 is 0 Å². The molecule has 2 N–H and O–H groups in total. The highest BCUT2D eigenvalue weighted by Gasteiger charge is 2.15. The number of furan rings is 1. The van der Waals surface area contributed by atoms with Crippen molar-refractivity contribution in [2.45, 2.75) is 32.6 Å². The fraction of sp³-hybridized carbons (Fsp3) is 0.556. The minimum absolute atomic E-state index is 0.0878. The van der Waals surface area contributed by atoms with Gasteiger partial charge in [-0.15, -0.1) is 0 Å². The molecule has 0 aliphatic carbocycles. The molecule has 0 radical (unpaired) electrons. The molecule has 1 unspecified atom stereocenters. The van der Waals surface area contributed by atoms with Crippen molar-refractivity contribution in [2.24, 2.45) is 5.92 Å². The topological polar surface area (TPSA) is 74.4 Å². The van der Waals surface area contributed by atoms with Crippen LogP contribution in [0.5, 0.6) is 0 Å². The van der Waals surface area contributed by atoms with Gasteiger partial charge in [-0.3, -0.25) is 0 Å². The van der Waals surface area contributed by atoms with Gasteiger partial charge in [-0.2, -0.15) is 4.98 Å². The summed E-state index contributed by atoms with van der Waals surface area (Å²) in [4.78, 5) is 11.5. The van der Waals surface area contributed by atoms with E-state index in [4.69, 9.17) is 4.42 Å². The molecule has 6 nitrogen and oxygen atoms in total. The Balaban J connectivity index is 1.62. The summed E-state index contributed by atoms with van der Waals surface area (Å²) >= 11 is 0. The van der Waals surface area contributed by atoms with E-state index in [1.54, 1.807) is 6.26 Å². The number of aryl methyl sites for hydroxylation is 1. The molecule has 6 heteroatoms. The summed E-state index contributed by atoms with van der Waals surface area (Å²) in [5.41, 5.74) is 0.958. The van der Waals surface area contributed by atoms with Gasteiger partial charge in [0.2, 0.25) is 5.95 Å². The Morgan fingerprint density at radius 1 is 1.29 bits per heavy atom. The molecule has 2 aromatic rings. The molecule has 1 fully saturated rings. The minimum Gasteiger partial charge on any atom is -0.469 e. The van der Waals surface area contributed by atoms with Crippen LogP contribution in [0.4, 0.5) is 11.8 Å². The lowest BCUT2D eigenvalue weighted by molar-refractivity contribution is 0.226. The van der Waals surface area contributed by atoms with E-state index in [2.05, 4.69) is 20.2 Å². The quantitative estimate of drug-likeness (QED) is 0.813. The van der Waals surface area contributed by atoms with Crippen LogP contribution in [-0.4, -0.2) is 41.3 Å². The normalized spacial score (nSPS) is 16.2. The molecule has 0 bridgehead atoms. The average molecular weight is 330 g/mol. The molecule has 1 aliphatic rings. The second-order valence-corrected chi connectivity index (χ2v) is 6.46. The van der Waals surface area contributed by atoms with Gasteiger partial charge in [-0.05, 0) is 38.3 Å². The second kappa shape index (κ2) is 8.15. The molecule has 3 rings (SSSR count). The van der Waals surface area contributed by atoms with Crippen molar-refractivity contribution in [3.63, 3.8) is 0 Å². The summed E-state index contributed by atoms with van der Waals surface area (Å²) in [7, 11) is 0. The Bertz CT molecular complexity index is 624. The van der Waals surface area contributed by atoms with E-state index in [9.17, 15) is 5.11 Å². The molecule has 130 valence electrons. The van der Waals surface area contributed by atoms with Crippen molar-refractivity contribution in [1.82, 2.24) is 9.97 Å². The lowest BCUT2D eigenvalue weighted by Crippen LogP contribution is -2.31. The number of hydrogen-bond acceptors (Lipinski definition) is 6. The number of piperidine rings is 1. The fourth-order valence-electron chi connectivity index (χ4n) is 3.04. The zero-order chi connectivity index (χ0) is 16.8. The van der Waals surface area contributed by atoms with Crippen molar-refractivity contribution in [3.05, 3.63) is 35.9 Å². The third kappa shape index (κ3) is 4.47. The maximum Gasteiger partial charge on any atom is 0.227 e. The monoisotopic (exact) mass is 330 g/mol. The van der Waals surface area contributed by atoms with E-state index in [1.807, 2.05) is 25.1 Å². The van der Waals surface area contributed by atoms with Crippen LogP contribution in [0.2, 0.25) is 0 Å². The molecular weight excluding hydrogens is 304 g/mol. The van der Waals surface area contributed by atoms with E-state index in [-0.39, 0.29) is 12.5 Å². The van der Waals surface area contributed by atoms with Crippen LogP contribution < -0.4 is 10.2 Å². The van der Waals surface area contributed by atoms with Crippen molar-refractivity contribution in [3.8, 4) is 0 Å². The number of hydrogen-bond donors (Lipinski definition) is 2. The first-order valence-corrected chi connectivity index (χ1v) is 8.72. The summed E-state index contributed by atoms with van der Waals surface area (Å²) < 4.78 is 5.36. The molecule has 24 heavy (non-hydrogen) atoms. The highest BCUT2D eigenvalue weighted by atomic mass is 16.3. The Morgan fingerprint density at radius 2 is 2.12 bits per heavy atom. The molecular formula is C18H26N4O2. The minimum atomic E-state index is 0.0878. The number of anilines is 2. The van der Waals surface area contributed by atoms with Crippen molar-refractivity contribution in [1.29, 1.82) is 0 Å². The largest absolute Gasteiger partial charge is 0.469 e. The number of nitrogens with zero attached hydrogens (tertiary/aromatic N) is 3. The standard InChI is InChI=1S/C18H26N4O2/c1-14-10-17(21-18(20-14)22-7-3-2-4-8-22)19-12-15(13-23)11-16-6-5-9-24-16/h5-6,9-10,15,23H,2-4,7-8,11-13H2,1H3,(H,19,20,21). The van der Waals surface area contributed by atoms with Gasteiger partial charge >= 0.3 is 0 Å². The van der Waals surface area contributed by atoms with Crippen molar-refractivity contribution >= 4 is 11.8 Å². The van der Waals surface area contributed by atoms with Crippen LogP contribution in [0.15, 0.2) is 28.9 Å². The van der Waals surface area contributed by atoms with Crippen LogP contribution in [0.3, 0.4) is 0 Å². The van der Waals surface area contributed by atoms with Gasteiger partial charge in [-0.1, -0.05) is 0 Å².